The number of benzene rings is 2. The molecule has 0 bridgehead atoms. The number of thiazole rings is 1. The summed E-state index contributed by atoms with van der Waals surface area (Å²) in [5.41, 5.74) is 1.88. The number of fused-ring (bicyclic) bond motifs is 1. The van der Waals surface area contributed by atoms with Crippen molar-refractivity contribution in [3.8, 4) is 0 Å². The fourth-order valence-electron chi connectivity index (χ4n) is 3.11. The molecule has 1 fully saturated rings. The van der Waals surface area contributed by atoms with Gasteiger partial charge in [0, 0.05) is 17.9 Å². The van der Waals surface area contributed by atoms with Gasteiger partial charge in [-0.25, -0.2) is 9.99 Å². The maximum Gasteiger partial charge on any atom is 0.277 e. The molecule has 2 heterocycles. The van der Waals surface area contributed by atoms with Crippen LogP contribution in [0.25, 0.3) is 10.2 Å². The summed E-state index contributed by atoms with van der Waals surface area (Å²) in [6.45, 7) is 1.79. The van der Waals surface area contributed by atoms with Gasteiger partial charge < -0.3 is 0 Å². The Labute approximate surface area is 198 Å². The van der Waals surface area contributed by atoms with Gasteiger partial charge in [-0.05, 0) is 19.1 Å². The zero-order valence-electron chi connectivity index (χ0n) is 16.9. The van der Waals surface area contributed by atoms with Gasteiger partial charge in [-0.1, -0.05) is 23.9 Å². The minimum absolute atomic E-state index is 0.131. The topological polar surface area (TPSA) is 149 Å². The SMILES string of the molecule is CC1(CSc2nc3ccccc3s2)SCC(=O)N1NC(=O)c1cc([N+](=O)[O-])cc([N+](=O)[O-])c1. The number of hydrogen-bond acceptors (Lipinski definition) is 10. The van der Waals surface area contributed by atoms with Crippen molar-refractivity contribution >= 4 is 68.3 Å². The number of rotatable bonds is 7. The van der Waals surface area contributed by atoms with Crippen molar-refractivity contribution in [3.05, 3.63) is 68.3 Å². The normalized spacial score (nSPS) is 18.0. The molecule has 2 aromatic carbocycles. The Morgan fingerprint density at radius 2 is 1.88 bits per heavy atom. The van der Waals surface area contributed by atoms with Crippen LogP contribution in [0.15, 0.2) is 46.8 Å². The quantitative estimate of drug-likeness (QED) is 0.287. The van der Waals surface area contributed by atoms with E-state index in [0.29, 0.717) is 5.75 Å². The van der Waals surface area contributed by atoms with E-state index in [1.807, 2.05) is 24.3 Å². The first-order chi connectivity index (χ1) is 15.7. The number of amides is 2. The van der Waals surface area contributed by atoms with Crippen LogP contribution < -0.4 is 5.43 Å². The molecule has 1 unspecified atom stereocenters. The number of nitrogens with one attached hydrogen (secondary N) is 1. The van der Waals surface area contributed by atoms with Gasteiger partial charge in [-0.3, -0.25) is 35.2 Å². The number of non-ortho nitro benzene ring substituents is 2. The van der Waals surface area contributed by atoms with Crippen molar-refractivity contribution in [1.29, 1.82) is 0 Å². The molecule has 3 aromatic rings. The van der Waals surface area contributed by atoms with Crippen LogP contribution in [0.3, 0.4) is 0 Å². The van der Waals surface area contributed by atoms with E-state index in [1.54, 1.807) is 6.92 Å². The van der Waals surface area contributed by atoms with E-state index in [4.69, 9.17) is 0 Å². The third kappa shape index (κ3) is 4.77. The Hall–Kier alpha value is -3.23. The largest absolute Gasteiger partial charge is 0.277 e. The summed E-state index contributed by atoms with van der Waals surface area (Å²) in [6.07, 6.45) is 0. The van der Waals surface area contributed by atoms with Crippen molar-refractivity contribution in [1.82, 2.24) is 15.4 Å². The number of aromatic nitrogens is 1. The molecule has 14 heteroatoms. The van der Waals surface area contributed by atoms with E-state index in [1.165, 1.54) is 39.9 Å². The van der Waals surface area contributed by atoms with E-state index in [0.717, 1.165) is 32.8 Å². The van der Waals surface area contributed by atoms with Crippen molar-refractivity contribution in [3.63, 3.8) is 0 Å². The Morgan fingerprint density at radius 3 is 2.52 bits per heavy atom. The first-order valence-corrected chi connectivity index (χ1v) is 12.2. The lowest BCUT2D eigenvalue weighted by atomic mass is 10.1. The van der Waals surface area contributed by atoms with Crippen LogP contribution in [0, 0.1) is 20.2 Å². The van der Waals surface area contributed by atoms with Gasteiger partial charge >= 0.3 is 0 Å². The van der Waals surface area contributed by atoms with Crippen LogP contribution >= 0.6 is 34.9 Å². The second kappa shape index (κ2) is 8.96. The Morgan fingerprint density at radius 1 is 1.21 bits per heavy atom. The average molecular weight is 506 g/mol. The van der Waals surface area contributed by atoms with Crippen LogP contribution in [-0.2, 0) is 4.79 Å². The van der Waals surface area contributed by atoms with Gasteiger partial charge in [0.2, 0.25) is 0 Å². The molecule has 0 radical (unpaired) electrons. The second-order valence-electron chi connectivity index (χ2n) is 7.12. The number of thioether (sulfide) groups is 2. The predicted molar refractivity (Wildman–Crippen MR) is 125 cm³/mol. The minimum atomic E-state index is -0.853. The number of nitro benzene ring substituents is 2. The highest BCUT2D eigenvalue weighted by molar-refractivity contribution is 8.05. The lowest BCUT2D eigenvalue weighted by molar-refractivity contribution is -0.394. The molecule has 4 rings (SSSR count). The summed E-state index contributed by atoms with van der Waals surface area (Å²) in [5, 5.41) is 23.4. The van der Waals surface area contributed by atoms with Gasteiger partial charge in [0.05, 0.1) is 37.4 Å². The first kappa shape index (κ1) is 22.9. The second-order valence-corrected chi connectivity index (χ2v) is 10.8. The minimum Gasteiger partial charge on any atom is -0.272 e. The molecule has 1 aromatic heterocycles. The molecule has 33 heavy (non-hydrogen) atoms. The summed E-state index contributed by atoms with van der Waals surface area (Å²) in [5.74, 6) is -0.653. The number of nitrogens with zero attached hydrogens (tertiary/aromatic N) is 4. The fraction of sp³-hybridized carbons (Fsp3) is 0.211. The third-order valence-corrected chi connectivity index (χ3v) is 8.77. The maximum absolute atomic E-state index is 12.8. The molecule has 11 nitrogen and oxygen atoms in total. The smallest absolute Gasteiger partial charge is 0.272 e. The first-order valence-electron chi connectivity index (χ1n) is 9.36. The zero-order valence-corrected chi connectivity index (χ0v) is 19.4. The number of para-hydroxylation sites is 1. The zero-order chi connectivity index (χ0) is 23.8. The van der Waals surface area contributed by atoms with Crippen molar-refractivity contribution < 1.29 is 19.4 Å². The Bertz CT molecular complexity index is 1230. The molecular weight excluding hydrogens is 490 g/mol. The number of hydrogen-bond donors (Lipinski definition) is 1. The van der Waals surface area contributed by atoms with E-state index in [9.17, 15) is 29.8 Å². The lowest BCUT2D eigenvalue weighted by Gasteiger charge is -2.33. The number of carbonyl (C=O) groups is 2. The highest BCUT2D eigenvalue weighted by Gasteiger charge is 2.44. The molecular formula is C19H15N5O6S3. The summed E-state index contributed by atoms with van der Waals surface area (Å²) in [4.78, 5) is 49.6. The third-order valence-electron chi connectivity index (χ3n) is 4.77. The molecule has 1 aliphatic heterocycles. The van der Waals surface area contributed by atoms with Crippen LogP contribution in [0.2, 0.25) is 0 Å². The van der Waals surface area contributed by atoms with Gasteiger partial charge in [0.1, 0.15) is 4.87 Å². The van der Waals surface area contributed by atoms with Gasteiger partial charge in [0.15, 0.2) is 4.34 Å². The van der Waals surface area contributed by atoms with Gasteiger partial charge in [-0.2, -0.15) is 0 Å². The molecule has 1 atom stereocenters. The Kier molecular flexibility index (Phi) is 6.23. The molecule has 0 spiro atoms. The molecule has 2 amide bonds. The Balaban J connectivity index is 1.53. The maximum atomic E-state index is 12.8. The van der Waals surface area contributed by atoms with E-state index < -0.39 is 32.0 Å². The molecule has 1 saturated heterocycles. The van der Waals surface area contributed by atoms with Crippen molar-refractivity contribution in [2.24, 2.45) is 0 Å². The number of carbonyl (C=O) groups excluding carboxylic acids is 2. The highest BCUT2D eigenvalue weighted by atomic mass is 32.2. The molecule has 0 aliphatic carbocycles. The molecule has 1 N–H and O–H groups in total. The van der Waals surface area contributed by atoms with E-state index in [2.05, 4.69) is 10.4 Å². The highest BCUT2D eigenvalue weighted by Crippen LogP contribution is 2.41. The molecule has 0 saturated carbocycles. The monoisotopic (exact) mass is 505 g/mol. The predicted octanol–water partition coefficient (Wildman–Crippen LogP) is 3.84. The molecule has 170 valence electrons. The standard InChI is InChI=1S/C19H15N5O6S3/c1-19(10-31-18-20-14-4-2-3-5-15(14)33-18)22(16(25)9-32-19)21-17(26)11-6-12(23(27)28)8-13(7-11)24(29)30/h2-8H,9-10H2,1H3,(H,21,26). The molecule has 1 aliphatic rings. The number of hydrazine groups is 1. The average Bonchev–Trinajstić information content (AvgIpc) is 3.33. The fourth-order valence-corrected chi connectivity index (χ4v) is 6.52. The van der Waals surface area contributed by atoms with Crippen LogP contribution in [-0.4, -0.2) is 48.0 Å². The van der Waals surface area contributed by atoms with E-state index in [-0.39, 0.29) is 17.2 Å². The van der Waals surface area contributed by atoms with Crippen LogP contribution in [0.5, 0.6) is 0 Å². The van der Waals surface area contributed by atoms with Crippen LogP contribution in [0.1, 0.15) is 17.3 Å². The van der Waals surface area contributed by atoms with E-state index >= 15 is 0 Å². The van der Waals surface area contributed by atoms with Crippen LogP contribution in [0.4, 0.5) is 11.4 Å². The van der Waals surface area contributed by atoms with Gasteiger partial charge in [-0.15, -0.1) is 23.1 Å². The summed E-state index contributed by atoms with van der Waals surface area (Å²) >= 11 is 4.31. The van der Waals surface area contributed by atoms with Crippen molar-refractivity contribution in [2.75, 3.05) is 11.5 Å². The summed E-state index contributed by atoms with van der Waals surface area (Å²) in [6, 6.07) is 10.3. The van der Waals surface area contributed by atoms with Gasteiger partial charge in [0.25, 0.3) is 23.2 Å². The summed E-state index contributed by atoms with van der Waals surface area (Å²) in [7, 11) is 0. The van der Waals surface area contributed by atoms with Crippen molar-refractivity contribution in [2.45, 2.75) is 16.1 Å². The number of nitro groups is 2. The summed E-state index contributed by atoms with van der Waals surface area (Å²) < 4.78 is 1.86. The lowest BCUT2D eigenvalue weighted by Crippen LogP contribution is -2.54.